The maximum Gasteiger partial charge on any atom is 0.287 e. The summed E-state index contributed by atoms with van der Waals surface area (Å²) in [5.41, 5.74) is 9.52. The molecule has 1 aliphatic rings. The zero-order chi connectivity index (χ0) is 27.6. The number of primary amides is 1. The van der Waals surface area contributed by atoms with Gasteiger partial charge in [0.05, 0.1) is 0 Å². The van der Waals surface area contributed by atoms with Gasteiger partial charge in [0, 0.05) is 24.6 Å². The van der Waals surface area contributed by atoms with Crippen LogP contribution in [-0.4, -0.2) is 41.6 Å². The summed E-state index contributed by atoms with van der Waals surface area (Å²) in [5.74, 6) is -2.33. The minimum Gasteiger partial charge on any atom is -0.363 e. The van der Waals surface area contributed by atoms with E-state index in [1.165, 1.54) is 37.7 Å². The van der Waals surface area contributed by atoms with E-state index in [0.717, 1.165) is 17.7 Å². The number of carbonyl (C=O) groups excluding carboxylic acids is 3. The van der Waals surface area contributed by atoms with Crippen LogP contribution in [0, 0.1) is 0 Å². The van der Waals surface area contributed by atoms with Crippen LogP contribution in [0.25, 0.3) is 12.2 Å². The van der Waals surface area contributed by atoms with Gasteiger partial charge < -0.3 is 11.1 Å². The number of nitrogens with one attached hydrogen (secondary N) is 1. The highest BCUT2D eigenvalue weighted by Crippen LogP contribution is 2.23. The van der Waals surface area contributed by atoms with Gasteiger partial charge in [-0.05, 0) is 48.2 Å². The molecule has 1 aliphatic carbocycles. The second kappa shape index (κ2) is 13.7. The van der Waals surface area contributed by atoms with Gasteiger partial charge in [-0.1, -0.05) is 104 Å². The lowest BCUT2D eigenvalue weighted by Crippen LogP contribution is -2.47. The van der Waals surface area contributed by atoms with Crippen molar-refractivity contribution in [3.63, 3.8) is 0 Å². The minimum absolute atomic E-state index is 0.175. The van der Waals surface area contributed by atoms with Crippen LogP contribution in [-0.2, 0) is 22.6 Å². The fourth-order valence-electron chi connectivity index (χ4n) is 5.17. The van der Waals surface area contributed by atoms with Crippen molar-refractivity contribution in [3.8, 4) is 0 Å². The molecule has 39 heavy (non-hydrogen) atoms. The molecule has 1 fully saturated rings. The van der Waals surface area contributed by atoms with Gasteiger partial charge >= 0.3 is 0 Å². The predicted molar refractivity (Wildman–Crippen MR) is 156 cm³/mol. The molecule has 0 heterocycles. The van der Waals surface area contributed by atoms with Crippen LogP contribution in [0.15, 0.2) is 78.9 Å². The second-order valence-electron chi connectivity index (χ2n) is 10.3. The van der Waals surface area contributed by atoms with E-state index in [1.54, 1.807) is 12.1 Å². The number of nitrogens with zero attached hydrogens (tertiary/aromatic N) is 1. The van der Waals surface area contributed by atoms with E-state index in [2.05, 4.69) is 41.5 Å². The topological polar surface area (TPSA) is 92.5 Å². The summed E-state index contributed by atoms with van der Waals surface area (Å²) in [7, 11) is 2.22. The molecule has 1 unspecified atom stereocenters. The van der Waals surface area contributed by atoms with Crippen molar-refractivity contribution in [3.05, 3.63) is 107 Å². The third-order valence-corrected chi connectivity index (χ3v) is 7.42. The fraction of sp³-hybridized carbons (Fsp3) is 0.303. The largest absolute Gasteiger partial charge is 0.363 e. The number of nitrogens with two attached hydrogens (primary N) is 1. The third-order valence-electron chi connectivity index (χ3n) is 7.42. The monoisotopic (exact) mass is 523 g/mol. The predicted octanol–water partition coefficient (Wildman–Crippen LogP) is 5.02. The summed E-state index contributed by atoms with van der Waals surface area (Å²) < 4.78 is 0. The summed E-state index contributed by atoms with van der Waals surface area (Å²) in [6, 6.07) is 24.5. The van der Waals surface area contributed by atoms with Gasteiger partial charge in [0.25, 0.3) is 11.8 Å². The number of rotatable bonds is 11. The third kappa shape index (κ3) is 7.98. The zero-order valence-corrected chi connectivity index (χ0v) is 22.5. The van der Waals surface area contributed by atoms with Crippen molar-refractivity contribution in [2.75, 3.05) is 7.05 Å². The molecule has 202 valence electrons. The molecular weight excluding hydrogens is 486 g/mol. The van der Waals surface area contributed by atoms with Gasteiger partial charge in [0.15, 0.2) is 0 Å². The van der Waals surface area contributed by atoms with Gasteiger partial charge in [0.2, 0.25) is 5.78 Å². The Morgan fingerprint density at radius 1 is 0.872 bits per heavy atom. The molecule has 3 aromatic rings. The van der Waals surface area contributed by atoms with Crippen LogP contribution < -0.4 is 11.1 Å². The standard InChI is InChI=1S/C33H37N3O3/c1-36(28-13-6-3-7-14-28)23-26-18-16-24(17-19-26)20-21-27-12-8-9-15-29(27)33(39)35-30(31(37)32(34)38)22-25-10-4-2-5-11-25/h2,4-5,8-12,15-21,28,30H,3,6-7,13-14,22-23H2,1H3,(H2,34,38)(H,35,39). The molecule has 0 radical (unpaired) electrons. The molecule has 0 spiro atoms. The fourth-order valence-corrected chi connectivity index (χ4v) is 5.17. The Morgan fingerprint density at radius 2 is 1.54 bits per heavy atom. The lowest BCUT2D eigenvalue weighted by Gasteiger charge is -2.31. The number of benzene rings is 3. The van der Waals surface area contributed by atoms with Crippen molar-refractivity contribution < 1.29 is 14.4 Å². The zero-order valence-electron chi connectivity index (χ0n) is 22.5. The van der Waals surface area contributed by atoms with Crippen LogP contribution in [0.5, 0.6) is 0 Å². The Bertz CT molecular complexity index is 1300. The molecule has 0 saturated heterocycles. The van der Waals surface area contributed by atoms with Crippen molar-refractivity contribution in [1.82, 2.24) is 10.2 Å². The van der Waals surface area contributed by atoms with Crippen molar-refractivity contribution in [2.24, 2.45) is 5.73 Å². The van der Waals surface area contributed by atoms with E-state index in [4.69, 9.17) is 5.73 Å². The van der Waals surface area contributed by atoms with Gasteiger partial charge in [-0.2, -0.15) is 0 Å². The second-order valence-corrected chi connectivity index (χ2v) is 10.3. The first kappa shape index (κ1) is 28.0. The van der Waals surface area contributed by atoms with E-state index in [0.29, 0.717) is 17.2 Å². The highest BCUT2D eigenvalue weighted by molar-refractivity contribution is 6.38. The Hall–Kier alpha value is -4.03. The molecule has 1 atom stereocenters. The highest BCUT2D eigenvalue weighted by Gasteiger charge is 2.26. The van der Waals surface area contributed by atoms with E-state index in [-0.39, 0.29) is 6.42 Å². The lowest BCUT2D eigenvalue weighted by atomic mass is 9.94. The molecule has 3 aromatic carbocycles. The number of ketones is 1. The Morgan fingerprint density at radius 3 is 2.23 bits per heavy atom. The number of carbonyl (C=O) groups is 3. The Kier molecular flexibility index (Phi) is 9.81. The van der Waals surface area contributed by atoms with Crippen LogP contribution in [0.4, 0.5) is 0 Å². The molecule has 0 aliphatic heterocycles. The first-order valence-corrected chi connectivity index (χ1v) is 13.7. The molecule has 0 bridgehead atoms. The number of amides is 2. The molecule has 4 rings (SSSR count). The summed E-state index contributed by atoms with van der Waals surface area (Å²) >= 11 is 0. The maximum absolute atomic E-state index is 13.2. The van der Waals surface area contributed by atoms with Crippen LogP contribution >= 0.6 is 0 Å². The molecule has 6 heteroatoms. The quantitative estimate of drug-likeness (QED) is 0.273. The molecule has 0 aromatic heterocycles. The van der Waals surface area contributed by atoms with Crippen LogP contribution in [0.3, 0.4) is 0 Å². The summed E-state index contributed by atoms with van der Waals surface area (Å²) in [6.07, 6.45) is 10.6. The number of hydrogen-bond acceptors (Lipinski definition) is 4. The molecule has 6 nitrogen and oxygen atoms in total. The molecule has 2 amide bonds. The van der Waals surface area contributed by atoms with Gasteiger partial charge in [-0.25, -0.2) is 0 Å². The van der Waals surface area contributed by atoms with E-state index < -0.39 is 23.6 Å². The average molecular weight is 524 g/mol. The smallest absolute Gasteiger partial charge is 0.287 e. The summed E-state index contributed by atoms with van der Waals surface area (Å²) in [4.78, 5) is 39.8. The van der Waals surface area contributed by atoms with Crippen molar-refractivity contribution in [1.29, 1.82) is 0 Å². The molecule has 1 saturated carbocycles. The van der Waals surface area contributed by atoms with Crippen LogP contribution in [0.2, 0.25) is 0 Å². The van der Waals surface area contributed by atoms with Gasteiger partial charge in [-0.3, -0.25) is 19.3 Å². The van der Waals surface area contributed by atoms with Crippen molar-refractivity contribution >= 4 is 29.7 Å². The number of Topliss-reactive ketones (excluding diaryl/α,β-unsaturated/α-hetero) is 1. The summed E-state index contributed by atoms with van der Waals surface area (Å²) in [6.45, 7) is 0.936. The van der Waals surface area contributed by atoms with Crippen LogP contribution in [0.1, 0.15) is 64.7 Å². The van der Waals surface area contributed by atoms with E-state index >= 15 is 0 Å². The first-order chi connectivity index (χ1) is 18.9. The Balaban J connectivity index is 1.43. The minimum atomic E-state index is -1.07. The highest BCUT2D eigenvalue weighted by atomic mass is 16.2. The molecular formula is C33H37N3O3. The molecule has 3 N–H and O–H groups in total. The normalized spacial score (nSPS) is 14.8. The van der Waals surface area contributed by atoms with Gasteiger partial charge in [-0.15, -0.1) is 0 Å². The van der Waals surface area contributed by atoms with Crippen molar-refractivity contribution in [2.45, 2.75) is 57.2 Å². The summed E-state index contributed by atoms with van der Waals surface area (Å²) in [5, 5.41) is 2.73. The average Bonchev–Trinajstić information content (AvgIpc) is 2.97. The van der Waals surface area contributed by atoms with E-state index in [9.17, 15) is 14.4 Å². The SMILES string of the molecule is CN(Cc1ccc(C=Cc2ccccc2C(=O)NC(Cc2ccccc2)C(=O)C(N)=O)cc1)C1CCCCC1. The van der Waals surface area contributed by atoms with E-state index in [1.807, 2.05) is 54.6 Å². The first-order valence-electron chi connectivity index (χ1n) is 13.7. The number of hydrogen-bond donors (Lipinski definition) is 2. The Labute approximate surface area is 230 Å². The lowest BCUT2D eigenvalue weighted by molar-refractivity contribution is -0.137. The maximum atomic E-state index is 13.2. The van der Waals surface area contributed by atoms with Gasteiger partial charge in [0.1, 0.15) is 6.04 Å².